The highest BCUT2D eigenvalue weighted by atomic mass is 19.2. The second-order valence-electron chi connectivity index (χ2n) is 7.14. The number of carbonyl (C=O) groups is 1. The molecule has 1 aromatic heterocycles. The van der Waals surface area contributed by atoms with Gasteiger partial charge in [-0.25, -0.2) is 13.6 Å². The highest BCUT2D eigenvalue weighted by Crippen LogP contribution is 2.28. The highest BCUT2D eigenvalue weighted by molar-refractivity contribution is 5.88. The van der Waals surface area contributed by atoms with Gasteiger partial charge in [0.2, 0.25) is 5.95 Å². The fourth-order valence-corrected chi connectivity index (χ4v) is 3.16. The van der Waals surface area contributed by atoms with Gasteiger partial charge in [-0.2, -0.15) is 4.98 Å². The van der Waals surface area contributed by atoms with E-state index in [4.69, 9.17) is 9.47 Å². The maximum absolute atomic E-state index is 13.7. The van der Waals surface area contributed by atoms with E-state index in [1.807, 2.05) is 26.0 Å². The monoisotopic (exact) mass is 443 g/mol. The third-order valence-electron chi connectivity index (χ3n) is 4.82. The molecule has 7 nitrogen and oxygen atoms in total. The Morgan fingerprint density at radius 3 is 2.53 bits per heavy atom. The lowest BCUT2D eigenvalue weighted by molar-refractivity contribution is 0.0523. The van der Waals surface area contributed by atoms with Crippen molar-refractivity contribution >= 4 is 17.6 Å². The molecule has 0 saturated carbocycles. The van der Waals surface area contributed by atoms with Gasteiger partial charge >= 0.3 is 5.97 Å². The Labute approximate surface area is 183 Å². The highest BCUT2D eigenvalue weighted by Gasteiger charge is 2.18. The number of nitrogens with one attached hydrogen (secondary N) is 1. The van der Waals surface area contributed by atoms with Crippen LogP contribution in [-0.2, 0) is 11.3 Å². The summed E-state index contributed by atoms with van der Waals surface area (Å²) in [5.41, 5.74) is 1.74. The molecule has 3 rings (SSSR count). The van der Waals surface area contributed by atoms with Gasteiger partial charge in [0.15, 0.2) is 11.6 Å². The maximum Gasteiger partial charge on any atom is 0.345 e. The number of aryl methyl sites for hydroxylation is 2. The summed E-state index contributed by atoms with van der Waals surface area (Å²) in [6.45, 7) is 5.46. The number of hydrogen-bond acceptors (Lipinski definition) is 6. The van der Waals surface area contributed by atoms with Crippen molar-refractivity contribution in [3.05, 3.63) is 80.8 Å². The number of rotatable bonds is 7. The molecule has 0 aliphatic heterocycles. The number of hydrogen-bond donors (Lipinski definition) is 1. The van der Waals surface area contributed by atoms with Crippen LogP contribution < -0.4 is 15.6 Å². The predicted molar refractivity (Wildman–Crippen MR) is 116 cm³/mol. The molecule has 32 heavy (non-hydrogen) atoms. The first-order valence-corrected chi connectivity index (χ1v) is 9.88. The van der Waals surface area contributed by atoms with E-state index in [2.05, 4.69) is 10.3 Å². The molecule has 0 fully saturated rings. The number of aromatic nitrogens is 2. The molecule has 3 aromatic rings. The Kier molecular flexibility index (Phi) is 6.87. The van der Waals surface area contributed by atoms with E-state index >= 15 is 0 Å². The summed E-state index contributed by atoms with van der Waals surface area (Å²) in [6, 6.07) is 7.14. The largest absolute Gasteiger partial charge is 0.496 e. The van der Waals surface area contributed by atoms with Crippen molar-refractivity contribution in [2.45, 2.75) is 27.3 Å². The van der Waals surface area contributed by atoms with Crippen LogP contribution in [-0.4, -0.2) is 29.2 Å². The summed E-state index contributed by atoms with van der Waals surface area (Å²) in [5, 5.41) is 3.09. The standard InChI is InChI=1S/C23H23F2N3O4/c1-5-32-22(30)16-12-28(11-15-6-7-17(24)18(25)10-15)23(27-21(16)29)26-19-8-14(3)20(31-4)9-13(19)2/h6-10,12H,5,11H2,1-4H3,(H,26,27,29). The van der Waals surface area contributed by atoms with Crippen molar-refractivity contribution in [2.75, 3.05) is 19.0 Å². The average molecular weight is 443 g/mol. The van der Waals surface area contributed by atoms with Crippen molar-refractivity contribution in [1.82, 2.24) is 9.55 Å². The van der Waals surface area contributed by atoms with Crippen LogP contribution in [0.4, 0.5) is 20.4 Å². The van der Waals surface area contributed by atoms with Gasteiger partial charge in [-0.1, -0.05) is 6.07 Å². The molecule has 0 aliphatic rings. The first kappa shape index (κ1) is 22.9. The third kappa shape index (κ3) is 4.93. The zero-order valence-electron chi connectivity index (χ0n) is 18.2. The van der Waals surface area contributed by atoms with Crippen molar-refractivity contribution in [3.8, 4) is 5.75 Å². The Bertz CT molecular complexity index is 1220. The van der Waals surface area contributed by atoms with Gasteiger partial charge in [0.25, 0.3) is 5.56 Å². The molecule has 168 valence electrons. The third-order valence-corrected chi connectivity index (χ3v) is 4.82. The average Bonchev–Trinajstić information content (AvgIpc) is 2.75. The fourth-order valence-electron chi connectivity index (χ4n) is 3.16. The SMILES string of the molecule is CCOC(=O)c1cn(Cc2ccc(F)c(F)c2)c(Nc2cc(C)c(OC)cc2C)nc1=O. The smallest absolute Gasteiger partial charge is 0.345 e. The van der Waals surface area contributed by atoms with Gasteiger partial charge in [-0.05, 0) is 61.7 Å². The minimum absolute atomic E-state index is 0.0212. The summed E-state index contributed by atoms with van der Waals surface area (Å²) in [4.78, 5) is 28.7. The number of benzene rings is 2. The molecule has 0 radical (unpaired) electrons. The van der Waals surface area contributed by atoms with Gasteiger partial charge in [-0.3, -0.25) is 4.79 Å². The van der Waals surface area contributed by atoms with Crippen LogP contribution in [0.1, 0.15) is 34.0 Å². The topological polar surface area (TPSA) is 82.4 Å². The van der Waals surface area contributed by atoms with E-state index in [9.17, 15) is 18.4 Å². The molecule has 0 spiro atoms. The Balaban J connectivity index is 2.08. The Morgan fingerprint density at radius 1 is 1.12 bits per heavy atom. The molecule has 1 N–H and O–H groups in total. The van der Waals surface area contributed by atoms with Crippen LogP contribution in [0.25, 0.3) is 0 Å². The van der Waals surface area contributed by atoms with E-state index in [1.165, 1.54) is 16.8 Å². The van der Waals surface area contributed by atoms with Crippen LogP contribution in [0.5, 0.6) is 5.75 Å². The number of halogens is 2. The van der Waals surface area contributed by atoms with Gasteiger partial charge in [0, 0.05) is 11.9 Å². The fraction of sp³-hybridized carbons (Fsp3) is 0.261. The summed E-state index contributed by atoms with van der Waals surface area (Å²) in [5.74, 6) is -1.95. The van der Waals surface area contributed by atoms with Gasteiger partial charge in [-0.15, -0.1) is 0 Å². The number of nitrogens with zero attached hydrogens (tertiary/aromatic N) is 2. The molecule has 0 aliphatic carbocycles. The molecule has 1 heterocycles. The van der Waals surface area contributed by atoms with Crippen molar-refractivity contribution < 1.29 is 23.0 Å². The second kappa shape index (κ2) is 9.59. The zero-order chi connectivity index (χ0) is 23.4. The molecule has 9 heteroatoms. The normalized spacial score (nSPS) is 10.7. The lowest BCUT2D eigenvalue weighted by Crippen LogP contribution is -2.25. The summed E-state index contributed by atoms with van der Waals surface area (Å²) < 4.78 is 38.8. The van der Waals surface area contributed by atoms with Crippen LogP contribution in [0.2, 0.25) is 0 Å². The Hall–Kier alpha value is -3.75. The summed E-state index contributed by atoms with van der Waals surface area (Å²) in [6.07, 6.45) is 1.29. The van der Waals surface area contributed by atoms with Crippen LogP contribution in [0, 0.1) is 25.5 Å². The maximum atomic E-state index is 13.7. The van der Waals surface area contributed by atoms with E-state index in [0.29, 0.717) is 17.0 Å². The van der Waals surface area contributed by atoms with Crippen LogP contribution in [0.3, 0.4) is 0 Å². The zero-order valence-corrected chi connectivity index (χ0v) is 18.2. The number of esters is 1. The minimum atomic E-state index is -1.00. The van der Waals surface area contributed by atoms with E-state index in [1.54, 1.807) is 14.0 Å². The lowest BCUT2D eigenvalue weighted by atomic mass is 10.1. The lowest BCUT2D eigenvalue weighted by Gasteiger charge is -2.18. The van der Waals surface area contributed by atoms with Gasteiger partial charge < -0.3 is 19.4 Å². The number of carbonyl (C=O) groups excluding carboxylic acids is 1. The summed E-state index contributed by atoms with van der Waals surface area (Å²) in [7, 11) is 1.57. The summed E-state index contributed by atoms with van der Waals surface area (Å²) >= 11 is 0. The van der Waals surface area contributed by atoms with Crippen molar-refractivity contribution in [2.24, 2.45) is 0 Å². The van der Waals surface area contributed by atoms with Gasteiger partial charge in [0.05, 0.1) is 20.3 Å². The molecule has 0 atom stereocenters. The number of anilines is 2. The van der Waals surface area contributed by atoms with Crippen LogP contribution in [0.15, 0.2) is 41.3 Å². The molecule has 0 saturated heterocycles. The minimum Gasteiger partial charge on any atom is -0.496 e. The van der Waals surface area contributed by atoms with Crippen LogP contribution >= 0.6 is 0 Å². The second-order valence-corrected chi connectivity index (χ2v) is 7.14. The first-order chi connectivity index (χ1) is 15.2. The molecule has 0 amide bonds. The van der Waals surface area contributed by atoms with E-state index < -0.39 is 23.2 Å². The van der Waals surface area contributed by atoms with Crippen molar-refractivity contribution in [3.63, 3.8) is 0 Å². The molecular formula is C23H23F2N3O4. The van der Waals surface area contributed by atoms with E-state index in [-0.39, 0.29) is 24.7 Å². The van der Waals surface area contributed by atoms with Gasteiger partial charge in [0.1, 0.15) is 11.3 Å². The molecular weight excluding hydrogens is 420 g/mol. The number of methoxy groups -OCH3 is 1. The molecule has 0 bridgehead atoms. The quantitative estimate of drug-likeness (QED) is 0.554. The Morgan fingerprint density at radius 2 is 1.88 bits per heavy atom. The first-order valence-electron chi connectivity index (χ1n) is 9.88. The molecule has 0 unspecified atom stereocenters. The molecule has 2 aromatic carbocycles. The van der Waals surface area contributed by atoms with Crippen molar-refractivity contribution in [1.29, 1.82) is 0 Å². The van der Waals surface area contributed by atoms with E-state index in [0.717, 1.165) is 23.3 Å². The number of ether oxygens (including phenoxy) is 2. The predicted octanol–water partition coefficient (Wildman–Crippen LogP) is 4.12.